The molecule has 1 heterocycles. The summed E-state index contributed by atoms with van der Waals surface area (Å²) in [5, 5.41) is 0. The van der Waals surface area contributed by atoms with Crippen LogP contribution in [-0.4, -0.2) is 58.2 Å². The molecule has 0 saturated carbocycles. The second-order valence-electron chi connectivity index (χ2n) is 8.25. The predicted molar refractivity (Wildman–Crippen MR) is 139 cm³/mol. The molecule has 196 valence electrons. The minimum atomic E-state index is -0.731. The van der Waals surface area contributed by atoms with Crippen LogP contribution in [0.2, 0.25) is 0 Å². The van der Waals surface area contributed by atoms with E-state index in [0.29, 0.717) is 50.3 Å². The Bertz CT molecular complexity index is 1350. The normalized spacial score (nSPS) is 13.0. The number of carbonyl (C=O) groups is 3. The van der Waals surface area contributed by atoms with E-state index >= 15 is 0 Å². The first-order valence-corrected chi connectivity index (χ1v) is 11.6. The number of hydrogen-bond donors (Lipinski definition) is 0. The van der Waals surface area contributed by atoms with E-state index in [1.54, 1.807) is 67.8 Å². The molecule has 9 nitrogen and oxygen atoms in total. The number of methoxy groups -OCH3 is 5. The van der Waals surface area contributed by atoms with Gasteiger partial charge in [0.1, 0.15) is 5.75 Å². The minimum absolute atomic E-state index is 0.0613. The predicted octanol–water partition coefficient (Wildman–Crippen LogP) is 3.78. The number of imide groups is 3. The van der Waals surface area contributed by atoms with E-state index in [0.717, 1.165) is 0 Å². The second kappa shape index (κ2) is 11.1. The van der Waals surface area contributed by atoms with E-state index in [1.807, 2.05) is 0 Å². The van der Waals surface area contributed by atoms with Crippen LogP contribution in [0.3, 0.4) is 0 Å². The molecular formula is C29H27NO8. The summed E-state index contributed by atoms with van der Waals surface area (Å²) in [6.07, 6.45) is -0.153. The quantitative estimate of drug-likeness (QED) is 0.396. The Morgan fingerprint density at radius 1 is 0.605 bits per heavy atom. The van der Waals surface area contributed by atoms with Gasteiger partial charge in [0.2, 0.25) is 5.91 Å². The van der Waals surface area contributed by atoms with E-state index in [2.05, 4.69) is 0 Å². The first-order chi connectivity index (χ1) is 18.4. The maximum absolute atomic E-state index is 13.7. The standard InChI is InChI=1S/C29H27NO8/c1-34-20-10-6-17(7-11-20)14-25(31)30-28(32)26(18-8-12-21(35-2)23(15-18)37-4)27(29(30)33)19-9-13-22(36-3)24(16-19)38-5/h6-13,15-16H,14H2,1-5H3. The van der Waals surface area contributed by atoms with Gasteiger partial charge in [-0.25, -0.2) is 4.90 Å². The molecule has 3 aromatic rings. The first-order valence-electron chi connectivity index (χ1n) is 11.6. The van der Waals surface area contributed by atoms with Crippen molar-refractivity contribution in [2.45, 2.75) is 6.42 Å². The van der Waals surface area contributed by atoms with Gasteiger partial charge in [-0.2, -0.15) is 0 Å². The number of carbonyl (C=O) groups excluding carboxylic acids is 3. The number of nitrogens with zero attached hydrogens (tertiary/aromatic N) is 1. The van der Waals surface area contributed by atoms with Crippen molar-refractivity contribution in [1.82, 2.24) is 4.90 Å². The van der Waals surface area contributed by atoms with Crippen molar-refractivity contribution in [3.8, 4) is 28.7 Å². The monoisotopic (exact) mass is 517 g/mol. The van der Waals surface area contributed by atoms with E-state index in [9.17, 15) is 14.4 Å². The van der Waals surface area contributed by atoms with Gasteiger partial charge in [-0.3, -0.25) is 14.4 Å². The minimum Gasteiger partial charge on any atom is -0.497 e. The summed E-state index contributed by atoms with van der Waals surface area (Å²) in [4.78, 5) is 41.5. The molecule has 4 rings (SSSR count). The van der Waals surface area contributed by atoms with Crippen LogP contribution in [0.25, 0.3) is 11.1 Å². The van der Waals surface area contributed by atoms with Gasteiger partial charge in [0, 0.05) is 0 Å². The number of rotatable bonds is 9. The summed E-state index contributed by atoms with van der Waals surface area (Å²) in [5.74, 6) is 0.152. The maximum Gasteiger partial charge on any atom is 0.269 e. The van der Waals surface area contributed by atoms with Crippen molar-refractivity contribution in [3.05, 3.63) is 77.4 Å². The molecule has 0 spiro atoms. The molecule has 0 fully saturated rings. The Labute approximate surface area is 220 Å². The Hall–Kier alpha value is -4.79. The largest absolute Gasteiger partial charge is 0.497 e. The smallest absolute Gasteiger partial charge is 0.269 e. The number of ether oxygens (including phenoxy) is 5. The SMILES string of the molecule is COc1ccc(CC(=O)N2C(=O)C(c3ccc(OC)c(OC)c3)=C(c3ccc(OC)c(OC)c3)C2=O)cc1. The molecule has 0 saturated heterocycles. The molecule has 0 bridgehead atoms. The fourth-order valence-electron chi connectivity index (χ4n) is 4.27. The lowest BCUT2D eigenvalue weighted by Gasteiger charge is -2.14. The van der Waals surface area contributed by atoms with E-state index < -0.39 is 17.7 Å². The Balaban J connectivity index is 1.82. The highest BCUT2D eigenvalue weighted by molar-refractivity contribution is 6.52. The van der Waals surface area contributed by atoms with Crippen LogP contribution in [0, 0.1) is 0 Å². The van der Waals surface area contributed by atoms with Gasteiger partial charge in [-0.15, -0.1) is 0 Å². The third kappa shape index (κ3) is 4.78. The second-order valence-corrected chi connectivity index (χ2v) is 8.25. The zero-order valence-electron chi connectivity index (χ0n) is 21.7. The Morgan fingerprint density at radius 2 is 1.05 bits per heavy atom. The summed E-state index contributed by atoms with van der Waals surface area (Å²) < 4.78 is 26.6. The molecule has 0 aromatic heterocycles. The van der Waals surface area contributed by atoms with Crippen LogP contribution in [0.15, 0.2) is 60.7 Å². The highest BCUT2D eigenvalue weighted by Gasteiger charge is 2.43. The molecule has 3 aromatic carbocycles. The first kappa shape index (κ1) is 26.3. The fraction of sp³-hybridized carbons (Fsp3) is 0.207. The molecule has 38 heavy (non-hydrogen) atoms. The Morgan fingerprint density at radius 3 is 1.45 bits per heavy atom. The van der Waals surface area contributed by atoms with Crippen molar-refractivity contribution in [1.29, 1.82) is 0 Å². The topological polar surface area (TPSA) is 101 Å². The maximum atomic E-state index is 13.7. The number of hydrogen-bond acceptors (Lipinski definition) is 8. The van der Waals surface area contributed by atoms with Gasteiger partial charge in [-0.1, -0.05) is 24.3 Å². The van der Waals surface area contributed by atoms with Crippen molar-refractivity contribution in [2.24, 2.45) is 0 Å². The zero-order chi connectivity index (χ0) is 27.4. The lowest BCUT2D eigenvalue weighted by molar-refractivity contribution is -0.147. The van der Waals surface area contributed by atoms with Crippen LogP contribution in [-0.2, 0) is 20.8 Å². The summed E-state index contributed by atoms with van der Waals surface area (Å²) >= 11 is 0. The van der Waals surface area contributed by atoms with Crippen LogP contribution in [0.1, 0.15) is 16.7 Å². The van der Waals surface area contributed by atoms with E-state index in [4.69, 9.17) is 23.7 Å². The lowest BCUT2D eigenvalue weighted by Crippen LogP contribution is -2.38. The average molecular weight is 518 g/mol. The summed E-state index contributed by atoms with van der Waals surface area (Å²) in [5.41, 5.74) is 1.54. The fourth-order valence-corrected chi connectivity index (χ4v) is 4.27. The van der Waals surface area contributed by atoms with Crippen LogP contribution >= 0.6 is 0 Å². The third-order valence-electron chi connectivity index (χ3n) is 6.19. The molecule has 1 aliphatic heterocycles. The van der Waals surface area contributed by atoms with Gasteiger partial charge in [0.05, 0.1) is 53.1 Å². The van der Waals surface area contributed by atoms with Crippen LogP contribution in [0.5, 0.6) is 28.7 Å². The van der Waals surface area contributed by atoms with E-state index in [-0.39, 0.29) is 17.6 Å². The van der Waals surface area contributed by atoms with Crippen molar-refractivity contribution in [2.75, 3.05) is 35.5 Å². The van der Waals surface area contributed by atoms with E-state index in [1.165, 1.54) is 28.4 Å². The van der Waals surface area contributed by atoms with Crippen LogP contribution in [0.4, 0.5) is 0 Å². The molecule has 9 heteroatoms. The number of amides is 3. The molecule has 0 atom stereocenters. The highest BCUT2D eigenvalue weighted by Crippen LogP contribution is 2.41. The molecular weight excluding hydrogens is 490 g/mol. The third-order valence-corrected chi connectivity index (χ3v) is 6.19. The van der Waals surface area contributed by atoms with Gasteiger partial charge in [-0.05, 0) is 53.1 Å². The molecule has 0 aliphatic carbocycles. The zero-order valence-corrected chi connectivity index (χ0v) is 21.7. The van der Waals surface area contributed by atoms with Crippen molar-refractivity contribution in [3.63, 3.8) is 0 Å². The summed E-state index contributed by atoms with van der Waals surface area (Å²) in [6, 6.07) is 16.6. The highest BCUT2D eigenvalue weighted by atomic mass is 16.5. The summed E-state index contributed by atoms with van der Waals surface area (Å²) in [7, 11) is 7.47. The van der Waals surface area contributed by atoms with Gasteiger partial charge < -0.3 is 23.7 Å². The molecule has 0 N–H and O–H groups in total. The summed E-state index contributed by atoms with van der Waals surface area (Å²) in [6.45, 7) is 0. The number of benzene rings is 3. The van der Waals surface area contributed by atoms with Gasteiger partial charge >= 0.3 is 0 Å². The van der Waals surface area contributed by atoms with Gasteiger partial charge in [0.25, 0.3) is 11.8 Å². The Kier molecular flexibility index (Phi) is 7.66. The average Bonchev–Trinajstić information content (AvgIpc) is 3.21. The molecule has 0 radical (unpaired) electrons. The molecule has 3 amide bonds. The van der Waals surface area contributed by atoms with Crippen molar-refractivity contribution >= 4 is 28.9 Å². The molecule has 1 aliphatic rings. The van der Waals surface area contributed by atoms with Gasteiger partial charge in [0.15, 0.2) is 23.0 Å². The van der Waals surface area contributed by atoms with Crippen LogP contribution < -0.4 is 23.7 Å². The lowest BCUT2D eigenvalue weighted by atomic mass is 9.95. The molecule has 0 unspecified atom stereocenters. The van der Waals surface area contributed by atoms with Crippen molar-refractivity contribution < 1.29 is 38.1 Å².